The maximum atomic E-state index is 6.65. The Kier molecular flexibility index (Phi) is 7.20. The fraction of sp³-hybridized carbons (Fsp3) is 0.0625. The van der Waals surface area contributed by atoms with Crippen molar-refractivity contribution in [1.29, 1.82) is 0 Å². The first-order valence-corrected chi connectivity index (χ1v) is 18.0. The highest BCUT2D eigenvalue weighted by Gasteiger charge is 2.39. The second-order valence-electron chi connectivity index (χ2n) is 14.3. The molecule has 6 heteroatoms. The SMILES string of the molecule is CC1(C)c2ccccc2-c2c1ccc1c2Oc2ccc(-c3cccc(-c4nc(-c5ccccc5)nc(-c5cccc(-c6cccc(N)c6)c5)n4)c3)cc2O1. The van der Waals surface area contributed by atoms with E-state index in [1.165, 1.54) is 16.7 Å². The van der Waals surface area contributed by atoms with Gasteiger partial charge in [-0.1, -0.05) is 129 Å². The lowest BCUT2D eigenvalue weighted by molar-refractivity contribution is 0.360. The second-order valence-corrected chi connectivity index (χ2v) is 14.3. The van der Waals surface area contributed by atoms with Crippen molar-refractivity contribution in [1.82, 2.24) is 15.0 Å². The Balaban J connectivity index is 1.02. The van der Waals surface area contributed by atoms with Crippen LogP contribution in [-0.2, 0) is 5.41 Å². The highest BCUT2D eigenvalue weighted by Crippen LogP contribution is 2.58. The Morgan fingerprint density at radius 1 is 0.426 bits per heavy atom. The molecule has 2 aliphatic rings. The van der Waals surface area contributed by atoms with Gasteiger partial charge in [-0.2, -0.15) is 0 Å². The summed E-state index contributed by atoms with van der Waals surface area (Å²) in [6, 6.07) is 53.3. The fourth-order valence-electron chi connectivity index (χ4n) is 7.75. The summed E-state index contributed by atoms with van der Waals surface area (Å²) in [7, 11) is 0. The Bertz CT molecular complexity index is 2770. The minimum Gasteiger partial charge on any atom is -0.449 e. The highest BCUT2D eigenvalue weighted by molar-refractivity contribution is 5.88. The first kappa shape index (κ1) is 31.7. The molecule has 1 aliphatic heterocycles. The number of aromatic nitrogens is 3. The van der Waals surface area contributed by atoms with E-state index in [1.54, 1.807) is 0 Å². The Labute approximate surface area is 313 Å². The third kappa shape index (κ3) is 5.30. The van der Waals surface area contributed by atoms with Gasteiger partial charge in [0.1, 0.15) is 0 Å². The van der Waals surface area contributed by atoms with Crippen molar-refractivity contribution in [3.63, 3.8) is 0 Å². The van der Waals surface area contributed by atoms with Crippen LogP contribution in [0, 0.1) is 0 Å². The smallest absolute Gasteiger partial charge is 0.178 e. The summed E-state index contributed by atoms with van der Waals surface area (Å²) < 4.78 is 13.2. The van der Waals surface area contributed by atoms with Crippen molar-refractivity contribution >= 4 is 5.69 Å². The number of nitrogens with two attached hydrogens (primary N) is 1. The standard InChI is InChI=1S/C48H34N4O2/c1-48(2)38-20-7-6-19-37(38)43-39(48)22-24-41-44(43)54-40-23-21-33(28-42(40)53-41)31-14-9-17-35(26-31)47-51-45(29-11-4-3-5-12-29)50-46(52-47)34-16-8-13-30(25-34)32-15-10-18-36(49)27-32/h3-28H,49H2,1-2H3. The number of hydrogen-bond acceptors (Lipinski definition) is 6. The normalized spacial score (nSPS) is 13.1. The van der Waals surface area contributed by atoms with Crippen LogP contribution in [0.5, 0.6) is 23.0 Å². The lowest BCUT2D eigenvalue weighted by atomic mass is 9.82. The number of ether oxygens (including phenoxy) is 2. The number of anilines is 1. The van der Waals surface area contributed by atoms with Crippen LogP contribution in [0.2, 0.25) is 0 Å². The van der Waals surface area contributed by atoms with Crippen LogP contribution in [0.4, 0.5) is 5.69 Å². The molecule has 0 spiro atoms. The molecule has 0 radical (unpaired) electrons. The van der Waals surface area contributed by atoms with Crippen molar-refractivity contribution < 1.29 is 9.47 Å². The molecular weight excluding hydrogens is 665 g/mol. The molecule has 7 aromatic carbocycles. The van der Waals surface area contributed by atoms with Crippen LogP contribution in [0.1, 0.15) is 25.0 Å². The molecule has 0 amide bonds. The predicted molar refractivity (Wildman–Crippen MR) is 216 cm³/mol. The van der Waals surface area contributed by atoms with E-state index in [0.717, 1.165) is 50.3 Å². The zero-order chi connectivity index (χ0) is 36.4. The monoisotopic (exact) mass is 698 g/mol. The summed E-state index contributed by atoms with van der Waals surface area (Å²) in [6.45, 7) is 4.53. The molecule has 0 saturated heterocycles. The van der Waals surface area contributed by atoms with Crippen LogP contribution in [0.25, 0.3) is 67.5 Å². The molecule has 1 aromatic heterocycles. The molecule has 10 rings (SSSR count). The zero-order valence-corrected chi connectivity index (χ0v) is 29.7. The first-order chi connectivity index (χ1) is 26.4. The van der Waals surface area contributed by atoms with Gasteiger partial charge in [0, 0.05) is 33.4 Å². The Hall–Kier alpha value is -7.05. The van der Waals surface area contributed by atoms with Gasteiger partial charge in [-0.15, -0.1) is 0 Å². The van der Waals surface area contributed by atoms with Crippen LogP contribution >= 0.6 is 0 Å². The van der Waals surface area contributed by atoms with Gasteiger partial charge in [-0.25, -0.2) is 15.0 Å². The number of benzene rings is 7. The van der Waals surface area contributed by atoms with Gasteiger partial charge in [0.15, 0.2) is 40.5 Å². The Morgan fingerprint density at radius 3 is 1.69 bits per heavy atom. The molecule has 258 valence electrons. The summed E-state index contributed by atoms with van der Waals surface area (Å²) in [4.78, 5) is 15.0. The summed E-state index contributed by atoms with van der Waals surface area (Å²) in [5.74, 6) is 4.62. The third-order valence-electron chi connectivity index (χ3n) is 10.5. The second kappa shape index (κ2) is 12.3. The van der Waals surface area contributed by atoms with Gasteiger partial charge >= 0.3 is 0 Å². The summed E-state index contributed by atoms with van der Waals surface area (Å²) in [6.07, 6.45) is 0. The number of rotatable bonds is 5. The van der Waals surface area contributed by atoms with Gasteiger partial charge < -0.3 is 15.2 Å². The molecule has 0 atom stereocenters. The quantitative estimate of drug-likeness (QED) is 0.180. The van der Waals surface area contributed by atoms with Gasteiger partial charge in [0.25, 0.3) is 0 Å². The maximum Gasteiger partial charge on any atom is 0.178 e. The van der Waals surface area contributed by atoms with E-state index in [4.69, 9.17) is 30.2 Å². The van der Waals surface area contributed by atoms with Crippen molar-refractivity contribution in [3.8, 4) is 90.5 Å². The van der Waals surface area contributed by atoms with Gasteiger partial charge in [-0.3, -0.25) is 0 Å². The predicted octanol–water partition coefficient (Wildman–Crippen LogP) is 12.0. The molecule has 2 heterocycles. The van der Waals surface area contributed by atoms with E-state index < -0.39 is 0 Å². The van der Waals surface area contributed by atoms with Crippen molar-refractivity contribution in [2.75, 3.05) is 5.73 Å². The number of nitrogens with zero attached hydrogens (tertiary/aromatic N) is 3. The number of nitrogen functional groups attached to an aromatic ring is 1. The molecule has 0 saturated carbocycles. The molecule has 0 bridgehead atoms. The molecule has 8 aromatic rings. The van der Waals surface area contributed by atoms with E-state index >= 15 is 0 Å². The minimum atomic E-state index is -0.123. The molecule has 54 heavy (non-hydrogen) atoms. The molecule has 0 unspecified atom stereocenters. The van der Waals surface area contributed by atoms with Gasteiger partial charge in [0.2, 0.25) is 0 Å². The molecule has 1 aliphatic carbocycles. The zero-order valence-electron chi connectivity index (χ0n) is 29.7. The number of fused-ring (bicyclic) bond motifs is 6. The van der Waals surface area contributed by atoms with Crippen LogP contribution < -0.4 is 15.2 Å². The average Bonchev–Trinajstić information content (AvgIpc) is 3.46. The van der Waals surface area contributed by atoms with E-state index in [2.05, 4.69) is 80.6 Å². The molecule has 2 N–H and O–H groups in total. The molecule has 6 nitrogen and oxygen atoms in total. The lowest BCUT2D eigenvalue weighted by Gasteiger charge is -2.25. The van der Waals surface area contributed by atoms with Crippen LogP contribution in [0.15, 0.2) is 158 Å². The van der Waals surface area contributed by atoms with Gasteiger partial charge in [0.05, 0.1) is 0 Å². The van der Waals surface area contributed by atoms with Gasteiger partial charge in [-0.05, 0) is 81.4 Å². The number of hydrogen-bond donors (Lipinski definition) is 1. The molecule has 0 fully saturated rings. The van der Waals surface area contributed by atoms with E-state index in [1.807, 2.05) is 91.0 Å². The highest BCUT2D eigenvalue weighted by atomic mass is 16.6. The van der Waals surface area contributed by atoms with Crippen molar-refractivity contribution in [2.24, 2.45) is 0 Å². The van der Waals surface area contributed by atoms with E-state index in [0.29, 0.717) is 40.4 Å². The fourth-order valence-corrected chi connectivity index (χ4v) is 7.75. The molecular formula is C48H34N4O2. The van der Waals surface area contributed by atoms with Crippen molar-refractivity contribution in [3.05, 3.63) is 169 Å². The third-order valence-corrected chi connectivity index (χ3v) is 10.5. The summed E-state index contributed by atoms with van der Waals surface area (Å²) in [5.41, 5.74) is 18.3. The van der Waals surface area contributed by atoms with E-state index in [-0.39, 0.29) is 5.41 Å². The lowest BCUT2D eigenvalue weighted by Crippen LogP contribution is -2.15. The maximum absolute atomic E-state index is 6.65. The average molecular weight is 699 g/mol. The minimum absolute atomic E-state index is 0.123. The van der Waals surface area contributed by atoms with E-state index in [9.17, 15) is 0 Å². The topological polar surface area (TPSA) is 83.2 Å². The Morgan fingerprint density at radius 2 is 0.981 bits per heavy atom. The van der Waals surface area contributed by atoms with Crippen molar-refractivity contribution in [2.45, 2.75) is 19.3 Å². The van der Waals surface area contributed by atoms with Crippen LogP contribution in [0.3, 0.4) is 0 Å². The summed E-state index contributed by atoms with van der Waals surface area (Å²) >= 11 is 0. The largest absolute Gasteiger partial charge is 0.449 e. The van der Waals surface area contributed by atoms with Crippen LogP contribution in [-0.4, -0.2) is 15.0 Å². The summed E-state index contributed by atoms with van der Waals surface area (Å²) in [5, 5.41) is 0. The first-order valence-electron chi connectivity index (χ1n) is 18.0.